The van der Waals surface area contributed by atoms with Crippen LogP contribution in [0.15, 0.2) is 17.3 Å². The normalized spacial score (nSPS) is 11.9. The second-order valence-electron chi connectivity index (χ2n) is 4.03. The Labute approximate surface area is 113 Å². The van der Waals surface area contributed by atoms with Gasteiger partial charge in [-0.2, -0.15) is 5.10 Å². The predicted molar refractivity (Wildman–Crippen MR) is 70.2 cm³/mol. The van der Waals surface area contributed by atoms with Gasteiger partial charge in [0.2, 0.25) is 10.0 Å². The maximum absolute atomic E-state index is 11.9. The van der Waals surface area contributed by atoms with Crippen LogP contribution in [0.5, 0.6) is 0 Å². The van der Waals surface area contributed by atoms with Gasteiger partial charge in [0.15, 0.2) is 0 Å². The highest BCUT2D eigenvalue weighted by Gasteiger charge is 2.15. The zero-order valence-electron chi connectivity index (χ0n) is 11.1. The van der Waals surface area contributed by atoms with Crippen LogP contribution in [0.1, 0.15) is 19.8 Å². The van der Waals surface area contributed by atoms with Crippen LogP contribution in [0, 0.1) is 0 Å². The Morgan fingerprint density at radius 2 is 2.26 bits per heavy atom. The van der Waals surface area contributed by atoms with E-state index in [4.69, 9.17) is 9.84 Å². The third-order valence-electron chi connectivity index (χ3n) is 2.35. The Morgan fingerprint density at radius 1 is 1.47 bits per heavy atom. The van der Waals surface area contributed by atoms with Gasteiger partial charge in [-0.15, -0.1) is 0 Å². The van der Waals surface area contributed by atoms with Gasteiger partial charge in [-0.05, 0) is 12.8 Å². The zero-order chi connectivity index (χ0) is 14.1. The molecule has 0 aliphatic heterocycles. The number of nitrogens with zero attached hydrogens (tertiary/aromatic N) is 2. The quantitative estimate of drug-likeness (QED) is 0.590. The summed E-state index contributed by atoms with van der Waals surface area (Å²) in [7, 11) is -3.52. The van der Waals surface area contributed by atoms with Gasteiger partial charge in [0.1, 0.15) is 4.90 Å². The lowest BCUT2D eigenvalue weighted by Crippen LogP contribution is -2.25. The predicted octanol–water partition coefficient (Wildman–Crippen LogP) is -0.0296. The second-order valence-corrected chi connectivity index (χ2v) is 5.79. The van der Waals surface area contributed by atoms with Crippen molar-refractivity contribution in [2.24, 2.45) is 0 Å². The number of nitrogens with one attached hydrogen (secondary N) is 1. The van der Waals surface area contributed by atoms with Crippen molar-refractivity contribution in [1.29, 1.82) is 0 Å². The van der Waals surface area contributed by atoms with Crippen molar-refractivity contribution in [3.8, 4) is 0 Å². The monoisotopic (exact) mass is 291 g/mol. The van der Waals surface area contributed by atoms with Crippen LogP contribution in [0.2, 0.25) is 0 Å². The molecule has 1 rings (SSSR count). The van der Waals surface area contributed by atoms with E-state index in [1.165, 1.54) is 17.1 Å². The lowest BCUT2D eigenvalue weighted by molar-refractivity contribution is 0.133. The number of aliphatic hydroxyl groups is 1. The molecule has 0 fully saturated rings. The van der Waals surface area contributed by atoms with E-state index in [0.29, 0.717) is 26.2 Å². The third-order valence-corrected chi connectivity index (χ3v) is 3.77. The molecule has 0 atom stereocenters. The fourth-order valence-corrected chi connectivity index (χ4v) is 2.44. The molecule has 0 unspecified atom stereocenters. The summed E-state index contributed by atoms with van der Waals surface area (Å²) in [6.45, 7) is 3.79. The van der Waals surface area contributed by atoms with Crippen molar-refractivity contribution in [2.45, 2.75) is 31.2 Å². The Hall–Kier alpha value is -0.960. The number of ether oxygens (including phenoxy) is 1. The molecular weight excluding hydrogens is 270 g/mol. The summed E-state index contributed by atoms with van der Waals surface area (Å²) in [5.74, 6) is 0. The molecule has 0 spiro atoms. The first-order valence-electron chi connectivity index (χ1n) is 6.31. The first kappa shape index (κ1) is 16.1. The average molecular weight is 291 g/mol. The highest BCUT2D eigenvalue weighted by atomic mass is 32.2. The van der Waals surface area contributed by atoms with Crippen LogP contribution in [-0.4, -0.2) is 49.7 Å². The Morgan fingerprint density at radius 3 is 2.95 bits per heavy atom. The maximum Gasteiger partial charge on any atom is 0.243 e. The number of hydrogen-bond acceptors (Lipinski definition) is 5. The summed E-state index contributed by atoms with van der Waals surface area (Å²) >= 11 is 0. The molecule has 1 heterocycles. The summed E-state index contributed by atoms with van der Waals surface area (Å²) in [6.07, 6.45) is 4.25. The summed E-state index contributed by atoms with van der Waals surface area (Å²) in [4.78, 5) is 0.107. The lowest BCUT2D eigenvalue weighted by atomic mass is 10.4. The Kier molecular flexibility index (Phi) is 7.00. The van der Waals surface area contributed by atoms with Gasteiger partial charge in [-0.25, -0.2) is 13.1 Å². The van der Waals surface area contributed by atoms with Crippen LogP contribution in [0.25, 0.3) is 0 Å². The van der Waals surface area contributed by atoms with Gasteiger partial charge in [0, 0.05) is 26.0 Å². The van der Waals surface area contributed by atoms with Gasteiger partial charge >= 0.3 is 0 Å². The maximum atomic E-state index is 11.9. The van der Waals surface area contributed by atoms with Crippen molar-refractivity contribution in [3.05, 3.63) is 12.4 Å². The van der Waals surface area contributed by atoms with Crippen LogP contribution in [0.4, 0.5) is 0 Å². The van der Waals surface area contributed by atoms with Gasteiger partial charge in [0.25, 0.3) is 0 Å². The largest absolute Gasteiger partial charge is 0.394 e. The summed E-state index contributed by atoms with van der Waals surface area (Å²) in [5.41, 5.74) is 0. The summed E-state index contributed by atoms with van der Waals surface area (Å²) in [5, 5.41) is 12.6. The molecule has 0 bridgehead atoms. The molecule has 0 aliphatic rings. The van der Waals surface area contributed by atoms with E-state index >= 15 is 0 Å². The van der Waals surface area contributed by atoms with E-state index in [1.807, 2.05) is 6.92 Å². The molecule has 0 amide bonds. The van der Waals surface area contributed by atoms with E-state index in [2.05, 4.69) is 9.82 Å². The molecule has 1 aromatic heterocycles. The minimum absolute atomic E-state index is 0.0800. The smallest absolute Gasteiger partial charge is 0.243 e. The number of sulfonamides is 1. The second kappa shape index (κ2) is 8.26. The van der Waals surface area contributed by atoms with Crippen LogP contribution < -0.4 is 4.72 Å². The van der Waals surface area contributed by atoms with Gasteiger partial charge in [-0.3, -0.25) is 4.68 Å². The van der Waals surface area contributed by atoms with Crippen molar-refractivity contribution >= 4 is 10.0 Å². The van der Waals surface area contributed by atoms with Gasteiger partial charge < -0.3 is 9.84 Å². The van der Waals surface area contributed by atoms with Crippen LogP contribution in [-0.2, 0) is 21.3 Å². The van der Waals surface area contributed by atoms with Crippen molar-refractivity contribution in [2.75, 3.05) is 26.4 Å². The molecule has 19 heavy (non-hydrogen) atoms. The molecule has 0 aliphatic carbocycles. The highest BCUT2D eigenvalue weighted by molar-refractivity contribution is 7.89. The summed E-state index contributed by atoms with van der Waals surface area (Å²) < 4.78 is 32.9. The van der Waals surface area contributed by atoms with E-state index < -0.39 is 10.0 Å². The van der Waals surface area contributed by atoms with Crippen LogP contribution in [0.3, 0.4) is 0 Å². The molecule has 1 aromatic rings. The Bertz CT molecular complexity index is 458. The van der Waals surface area contributed by atoms with E-state index in [9.17, 15) is 8.42 Å². The summed E-state index contributed by atoms with van der Waals surface area (Å²) in [6, 6.07) is 0. The fourth-order valence-electron chi connectivity index (χ4n) is 1.42. The first-order chi connectivity index (χ1) is 9.10. The minimum atomic E-state index is -3.52. The third kappa shape index (κ3) is 5.68. The standard InChI is InChI=1S/C11H21N3O4S/c1-2-7-18-8-3-4-13-19(16,17)11-9-12-14(10-11)5-6-15/h9-10,13,15H,2-8H2,1H3. The minimum Gasteiger partial charge on any atom is -0.394 e. The number of aromatic nitrogens is 2. The van der Waals surface area contributed by atoms with Crippen LogP contribution >= 0.6 is 0 Å². The topological polar surface area (TPSA) is 93.5 Å². The zero-order valence-corrected chi connectivity index (χ0v) is 11.9. The molecular formula is C11H21N3O4S. The van der Waals surface area contributed by atoms with Crippen molar-refractivity contribution < 1.29 is 18.3 Å². The van der Waals surface area contributed by atoms with Gasteiger partial charge in [0.05, 0.1) is 19.3 Å². The SMILES string of the molecule is CCCOCCCNS(=O)(=O)c1cnn(CCO)c1. The van der Waals surface area contributed by atoms with E-state index in [1.54, 1.807) is 0 Å². The molecule has 0 saturated carbocycles. The molecule has 0 aromatic carbocycles. The van der Waals surface area contributed by atoms with Gasteiger partial charge in [-0.1, -0.05) is 6.92 Å². The van der Waals surface area contributed by atoms with E-state index in [-0.39, 0.29) is 18.0 Å². The highest BCUT2D eigenvalue weighted by Crippen LogP contribution is 2.06. The first-order valence-corrected chi connectivity index (χ1v) is 7.79. The molecule has 8 heteroatoms. The number of hydrogen-bond donors (Lipinski definition) is 2. The number of rotatable bonds is 10. The molecule has 0 saturated heterocycles. The Balaban J connectivity index is 2.38. The van der Waals surface area contributed by atoms with E-state index in [0.717, 1.165) is 6.42 Å². The lowest BCUT2D eigenvalue weighted by Gasteiger charge is -2.05. The van der Waals surface area contributed by atoms with Crippen molar-refractivity contribution in [1.82, 2.24) is 14.5 Å². The molecule has 2 N–H and O–H groups in total. The van der Waals surface area contributed by atoms with Crippen molar-refractivity contribution in [3.63, 3.8) is 0 Å². The fraction of sp³-hybridized carbons (Fsp3) is 0.727. The molecule has 0 radical (unpaired) electrons. The molecule has 7 nitrogen and oxygen atoms in total. The average Bonchev–Trinajstić information content (AvgIpc) is 2.83. The number of aliphatic hydroxyl groups excluding tert-OH is 1. The molecule has 110 valence electrons.